The first kappa shape index (κ1) is 18.8. The Labute approximate surface area is 166 Å². The fraction of sp³-hybridized carbons (Fsp3) is 0.571. The lowest BCUT2D eigenvalue weighted by atomic mass is 9.86. The molecule has 0 saturated carbocycles. The van der Waals surface area contributed by atoms with E-state index in [0.717, 1.165) is 61.9 Å². The zero-order chi connectivity index (χ0) is 19.1. The van der Waals surface area contributed by atoms with E-state index < -0.39 is 5.54 Å². The second-order valence-electron chi connectivity index (χ2n) is 8.83. The molecule has 1 amide bonds. The predicted octanol–water partition coefficient (Wildman–Crippen LogP) is 2.70. The smallest absolute Gasteiger partial charge is 0.240 e. The van der Waals surface area contributed by atoms with E-state index in [9.17, 15) is 4.79 Å². The molecule has 1 aromatic rings. The molecule has 4 rings (SSSR count). The lowest BCUT2D eigenvalue weighted by molar-refractivity contribution is -0.129. The molecule has 0 aromatic heterocycles. The van der Waals surface area contributed by atoms with Crippen LogP contribution in [0.15, 0.2) is 23.8 Å². The van der Waals surface area contributed by atoms with Crippen molar-refractivity contribution in [1.82, 2.24) is 15.5 Å². The molecule has 2 N–H and O–H groups in total. The zero-order valence-corrected chi connectivity index (χ0v) is 16.9. The van der Waals surface area contributed by atoms with Crippen LogP contribution in [0.3, 0.4) is 0 Å². The van der Waals surface area contributed by atoms with Gasteiger partial charge in [0, 0.05) is 43.3 Å². The monoisotopic (exact) mass is 389 g/mol. The molecule has 3 aliphatic heterocycles. The van der Waals surface area contributed by atoms with E-state index >= 15 is 0 Å². The second-order valence-corrected chi connectivity index (χ2v) is 9.27. The van der Waals surface area contributed by atoms with Crippen molar-refractivity contribution < 1.29 is 9.53 Å². The van der Waals surface area contributed by atoms with Gasteiger partial charge in [-0.05, 0) is 48.1 Å². The number of carbonyl (C=O) groups is 1. The molecule has 27 heavy (non-hydrogen) atoms. The van der Waals surface area contributed by atoms with Gasteiger partial charge in [0.1, 0.15) is 17.9 Å². The van der Waals surface area contributed by atoms with Crippen LogP contribution in [0.2, 0.25) is 5.02 Å². The summed E-state index contributed by atoms with van der Waals surface area (Å²) in [6, 6.07) is 5.73. The number of halogens is 1. The van der Waals surface area contributed by atoms with Crippen molar-refractivity contribution in [3.05, 3.63) is 34.4 Å². The maximum Gasteiger partial charge on any atom is 0.240 e. The highest BCUT2D eigenvalue weighted by molar-refractivity contribution is 6.30. The molecule has 2 saturated heterocycles. The van der Waals surface area contributed by atoms with E-state index in [-0.39, 0.29) is 11.3 Å². The van der Waals surface area contributed by atoms with Crippen LogP contribution in [-0.4, -0.2) is 55.7 Å². The highest BCUT2D eigenvalue weighted by Gasteiger charge is 2.44. The molecule has 5 nitrogen and oxygen atoms in total. The number of piperidine rings is 1. The molecule has 3 heterocycles. The van der Waals surface area contributed by atoms with E-state index in [4.69, 9.17) is 16.3 Å². The second kappa shape index (κ2) is 7.12. The first-order chi connectivity index (χ1) is 12.9. The van der Waals surface area contributed by atoms with Crippen molar-refractivity contribution in [2.24, 2.45) is 5.41 Å². The van der Waals surface area contributed by atoms with Crippen LogP contribution in [-0.2, 0) is 4.79 Å². The van der Waals surface area contributed by atoms with Crippen LogP contribution < -0.4 is 15.4 Å². The lowest BCUT2D eigenvalue weighted by Crippen LogP contribution is -2.60. The number of nitrogens with zero attached hydrogens (tertiary/aromatic N) is 1. The van der Waals surface area contributed by atoms with Crippen molar-refractivity contribution in [2.45, 2.75) is 32.2 Å². The minimum Gasteiger partial charge on any atom is -0.489 e. The Balaban J connectivity index is 1.39. The maximum atomic E-state index is 12.7. The number of fused-ring (bicyclic) bond motifs is 1. The van der Waals surface area contributed by atoms with Gasteiger partial charge in [-0.1, -0.05) is 25.4 Å². The quantitative estimate of drug-likeness (QED) is 0.816. The topological polar surface area (TPSA) is 53.6 Å². The highest BCUT2D eigenvalue weighted by Crippen LogP contribution is 2.31. The normalized spacial score (nSPS) is 24.4. The third-order valence-electron chi connectivity index (χ3n) is 5.95. The predicted molar refractivity (Wildman–Crippen MR) is 108 cm³/mol. The third-order valence-corrected chi connectivity index (χ3v) is 6.18. The van der Waals surface area contributed by atoms with Crippen LogP contribution in [0.4, 0.5) is 0 Å². The van der Waals surface area contributed by atoms with Crippen molar-refractivity contribution in [3.63, 3.8) is 0 Å². The summed E-state index contributed by atoms with van der Waals surface area (Å²) >= 11 is 6.11. The zero-order valence-electron chi connectivity index (χ0n) is 16.1. The molecule has 0 radical (unpaired) electrons. The van der Waals surface area contributed by atoms with Gasteiger partial charge in [0.15, 0.2) is 0 Å². The molecule has 1 spiro atoms. The molecule has 0 unspecified atom stereocenters. The first-order valence-electron chi connectivity index (χ1n) is 9.73. The number of likely N-dealkylation sites (tertiary alicyclic amines) is 1. The van der Waals surface area contributed by atoms with Crippen LogP contribution in [0.1, 0.15) is 32.3 Å². The summed E-state index contributed by atoms with van der Waals surface area (Å²) < 4.78 is 5.87. The molecular formula is C21H28ClN3O2. The summed E-state index contributed by atoms with van der Waals surface area (Å²) in [6.07, 6.45) is 3.87. The Morgan fingerprint density at radius 3 is 2.78 bits per heavy atom. The van der Waals surface area contributed by atoms with Crippen LogP contribution in [0.5, 0.6) is 5.75 Å². The highest BCUT2D eigenvalue weighted by atomic mass is 35.5. The first-order valence-corrected chi connectivity index (χ1v) is 10.1. The molecule has 1 aromatic carbocycles. The van der Waals surface area contributed by atoms with Crippen molar-refractivity contribution >= 4 is 23.6 Å². The molecular weight excluding hydrogens is 362 g/mol. The molecule has 0 aliphatic carbocycles. The standard InChI is InChI=1S/C21H28ClN3O2/c1-20(2)13-23-19(26)21(24-14-20)5-7-25(8-6-21)11-15-9-16-10-17(22)3-4-18(16)27-12-15/h3-4,9-10,24H,5-8,11-14H2,1-2H3,(H,23,26). The Kier molecular flexibility index (Phi) is 4.95. The summed E-state index contributed by atoms with van der Waals surface area (Å²) in [4.78, 5) is 15.1. The fourth-order valence-electron chi connectivity index (χ4n) is 4.11. The molecule has 146 valence electrons. The number of ether oxygens (including phenoxy) is 1. The average molecular weight is 390 g/mol. The number of carbonyl (C=O) groups excluding carboxylic acids is 1. The molecule has 2 fully saturated rings. The van der Waals surface area contributed by atoms with Gasteiger partial charge in [-0.15, -0.1) is 0 Å². The van der Waals surface area contributed by atoms with Crippen molar-refractivity contribution in [1.29, 1.82) is 0 Å². The fourth-order valence-corrected chi connectivity index (χ4v) is 4.29. The van der Waals surface area contributed by atoms with Crippen LogP contribution in [0.25, 0.3) is 6.08 Å². The van der Waals surface area contributed by atoms with Gasteiger partial charge in [-0.3, -0.25) is 9.69 Å². The van der Waals surface area contributed by atoms with Gasteiger partial charge < -0.3 is 15.4 Å². The maximum absolute atomic E-state index is 12.7. The third kappa shape index (κ3) is 4.00. The minimum atomic E-state index is -0.415. The van der Waals surface area contributed by atoms with Gasteiger partial charge in [-0.25, -0.2) is 0 Å². The van der Waals surface area contributed by atoms with Gasteiger partial charge in [-0.2, -0.15) is 0 Å². The lowest BCUT2D eigenvalue weighted by Gasteiger charge is -2.41. The molecule has 0 atom stereocenters. The van der Waals surface area contributed by atoms with Crippen molar-refractivity contribution in [2.75, 3.05) is 39.3 Å². The number of benzene rings is 1. The Hall–Kier alpha value is -1.56. The summed E-state index contributed by atoms with van der Waals surface area (Å²) in [5, 5.41) is 7.46. The molecule has 0 bridgehead atoms. The Morgan fingerprint density at radius 1 is 1.22 bits per heavy atom. The summed E-state index contributed by atoms with van der Waals surface area (Å²) in [6.45, 7) is 9.26. The molecule has 3 aliphatic rings. The van der Waals surface area contributed by atoms with E-state index in [2.05, 4.69) is 35.5 Å². The Morgan fingerprint density at radius 2 is 2.00 bits per heavy atom. The number of amides is 1. The number of hydrogen-bond donors (Lipinski definition) is 2. The van der Waals surface area contributed by atoms with E-state index in [1.54, 1.807) is 0 Å². The number of hydrogen-bond acceptors (Lipinski definition) is 4. The van der Waals surface area contributed by atoms with Gasteiger partial charge in [0.25, 0.3) is 0 Å². The van der Waals surface area contributed by atoms with Gasteiger partial charge in [0.2, 0.25) is 5.91 Å². The average Bonchev–Trinajstić information content (AvgIpc) is 2.75. The van der Waals surface area contributed by atoms with E-state index in [1.165, 1.54) is 5.57 Å². The van der Waals surface area contributed by atoms with Gasteiger partial charge in [0.05, 0.1) is 0 Å². The minimum absolute atomic E-state index is 0.0925. The Bertz CT molecular complexity index is 767. The van der Waals surface area contributed by atoms with Crippen molar-refractivity contribution in [3.8, 4) is 5.75 Å². The summed E-state index contributed by atoms with van der Waals surface area (Å²) in [5.74, 6) is 1.05. The van der Waals surface area contributed by atoms with Gasteiger partial charge >= 0.3 is 0 Å². The van der Waals surface area contributed by atoms with Crippen LogP contribution >= 0.6 is 11.6 Å². The largest absolute Gasteiger partial charge is 0.489 e. The van der Waals surface area contributed by atoms with E-state index in [1.807, 2.05) is 18.2 Å². The molecule has 6 heteroatoms. The number of rotatable bonds is 2. The SMILES string of the molecule is CC1(C)CNC(=O)C2(CCN(CC3=Cc4cc(Cl)ccc4OC3)CC2)NC1. The summed E-state index contributed by atoms with van der Waals surface area (Å²) in [5.41, 5.74) is 1.97. The van der Waals surface area contributed by atoms with Crippen LogP contribution in [0, 0.1) is 5.41 Å². The number of nitrogens with one attached hydrogen (secondary N) is 2. The van der Waals surface area contributed by atoms with E-state index in [0.29, 0.717) is 6.61 Å². The summed E-state index contributed by atoms with van der Waals surface area (Å²) in [7, 11) is 0.